The van der Waals surface area contributed by atoms with Crippen molar-refractivity contribution < 1.29 is 28.6 Å². The van der Waals surface area contributed by atoms with Crippen molar-refractivity contribution in [3.8, 4) is 11.5 Å². The Hall–Kier alpha value is -3.39. The molecule has 1 N–H and O–H groups in total. The van der Waals surface area contributed by atoms with Crippen LogP contribution < -0.4 is 9.47 Å². The second-order valence-electron chi connectivity index (χ2n) is 7.74. The molecule has 3 rings (SSSR count). The van der Waals surface area contributed by atoms with E-state index in [2.05, 4.69) is 0 Å². The molecule has 1 amide bonds. The second kappa shape index (κ2) is 9.82. The Morgan fingerprint density at radius 3 is 2.44 bits per heavy atom. The zero-order valence-corrected chi connectivity index (χ0v) is 18.6. The first kappa shape index (κ1) is 23.3. The van der Waals surface area contributed by atoms with Crippen LogP contribution in [0.4, 0.5) is 4.39 Å². The van der Waals surface area contributed by atoms with Crippen molar-refractivity contribution in [2.75, 3.05) is 41.4 Å². The number of aliphatic hydroxyl groups is 1. The van der Waals surface area contributed by atoms with Gasteiger partial charge in [-0.2, -0.15) is 0 Å². The second-order valence-corrected chi connectivity index (χ2v) is 7.74. The van der Waals surface area contributed by atoms with Crippen LogP contribution in [0.15, 0.2) is 48.0 Å². The third-order valence-corrected chi connectivity index (χ3v) is 5.39. The van der Waals surface area contributed by atoms with Gasteiger partial charge in [-0.3, -0.25) is 9.59 Å². The van der Waals surface area contributed by atoms with Gasteiger partial charge in [0, 0.05) is 12.1 Å². The van der Waals surface area contributed by atoms with Gasteiger partial charge in [0.1, 0.15) is 23.1 Å². The lowest BCUT2D eigenvalue weighted by Crippen LogP contribution is -2.32. The third kappa shape index (κ3) is 4.45. The number of para-hydroxylation sites is 1. The maximum Gasteiger partial charge on any atom is 0.295 e. The summed E-state index contributed by atoms with van der Waals surface area (Å²) in [5.74, 6) is -2.02. The highest BCUT2D eigenvalue weighted by Gasteiger charge is 2.47. The number of ether oxygens (including phenoxy) is 2. The zero-order chi connectivity index (χ0) is 23.4. The molecule has 1 saturated heterocycles. The molecule has 0 bridgehead atoms. The molecule has 2 aromatic rings. The van der Waals surface area contributed by atoms with E-state index in [-0.39, 0.29) is 16.9 Å². The summed E-state index contributed by atoms with van der Waals surface area (Å²) in [6.45, 7) is 1.00. The summed E-state index contributed by atoms with van der Waals surface area (Å²) in [6, 6.07) is 9.73. The number of hydrogen-bond donors (Lipinski definition) is 1. The smallest absolute Gasteiger partial charge is 0.295 e. The van der Waals surface area contributed by atoms with Gasteiger partial charge >= 0.3 is 0 Å². The number of rotatable bonds is 8. The van der Waals surface area contributed by atoms with Crippen LogP contribution >= 0.6 is 0 Å². The Labute approximate surface area is 186 Å². The van der Waals surface area contributed by atoms with Crippen molar-refractivity contribution >= 4 is 17.4 Å². The first-order chi connectivity index (χ1) is 15.3. The monoisotopic (exact) mass is 442 g/mol. The molecule has 0 spiro atoms. The Kier molecular flexibility index (Phi) is 7.15. The number of likely N-dealkylation sites (tertiary alicyclic amines) is 1. The number of Topliss-reactive ketones (excluding diaryl/α,β-unsaturated/α-hetero) is 1. The fourth-order valence-electron chi connectivity index (χ4n) is 3.89. The maximum absolute atomic E-state index is 14.0. The largest absolute Gasteiger partial charge is 0.507 e. The van der Waals surface area contributed by atoms with Gasteiger partial charge in [-0.15, -0.1) is 0 Å². The Balaban J connectivity index is 2.20. The van der Waals surface area contributed by atoms with Crippen molar-refractivity contribution in [3.63, 3.8) is 0 Å². The summed E-state index contributed by atoms with van der Waals surface area (Å²) in [4.78, 5) is 29.5. The van der Waals surface area contributed by atoms with E-state index in [1.54, 1.807) is 24.3 Å². The van der Waals surface area contributed by atoms with E-state index in [1.807, 2.05) is 19.0 Å². The number of amides is 1. The van der Waals surface area contributed by atoms with Crippen molar-refractivity contribution in [1.29, 1.82) is 0 Å². The van der Waals surface area contributed by atoms with Gasteiger partial charge in [0.25, 0.3) is 11.7 Å². The fraction of sp³-hybridized carbons (Fsp3) is 0.333. The number of benzene rings is 2. The first-order valence-electron chi connectivity index (χ1n) is 10.2. The van der Waals surface area contributed by atoms with Gasteiger partial charge in [0.2, 0.25) is 0 Å². The van der Waals surface area contributed by atoms with Gasteiger partial charge in [0.15, 0.2) is 0 Å². The highest BCUT2D eigenvalue weighted by Crippen LogP contribution is 2.43. The lowest BCUT2D eigenvalue weighted by atomic mass is 9.94. The molecule has 1 aliphatic rings. The van der Waals surface area contributed by atoms with E-state index in [0.29, 0.717) is 30.8 Å². The number of nitrogens with zero attached hydrogens (tertiary/aromatic N) is 2. The van der Waals surface area contributed by atoms with Gasteiger partial charge in [0.05, 0.1) is 31.4 Å². The van der Waals surface area contributed by atoms with Crippen molar-refractivity contribution in [3.05, 3.63) is 65.0 Å². The molecule has 0 saturated carbocycles. The van der Waals surface area contributed by atoms with Crippen molar-refractivity contribution in [2.24, 2.45) is 0 Å². The molecule has 0 radical (unpaired) electrons. The zero-order valence-electron chi connectivity index (χ0n) is 18.6. The molecule has 32 heavy (non-hydrogen) atoms. The minimum absolute atomic E-state index is 0.00121. The predicted molar refractivity (Wildman–Crippen MR) is 118 cm³/mol. The minimum atomic E-state index is -0.888. The highest BCUT2D eigenvalue weighted by molar-refractivity contribution is 6.46. The Bertz CT molecular complexity index is 1050. The SMILES string of the molecule is COc1ccc(F)cc1/C(O)=C1\C(=O)C(=O)N(CCCN(C)C)[C@H]1c1ccccc1OC. The quantitative estimate of drug-likeness (QED) is 0.384. The van der Waals surface area contributed by atoms with Gasteiger partial charge in [-0.1, -0.05) is 18.2 Å². The van der Waals surface area contributed by atoms with Crippen LogP contribution in [0, 0.1) is 5.82 Å². The maximum atomic E-state index is 14.0. The van der Waals surface area contributed by atoms with E-state index in [9.17, 15) is 19.1 Å². The summed E-state index contributed by atoms with van der Waals surface area (Å²) in [5, 5.41) is 11.2. The number of halogens is 1. The Morgan fingerprint density at radius 2 is 1.78 bits per heavy atom. The minimum Gasteiger partial charge on any atom is -0.507 e. The predicted octanol–water partition coefficient (Wildman–Crippen LogP) is 3.22. The molecule has 1 aliphatic heterocycles. The summed E-state index contributed by atoms with van der Waals surface area (Å²) in [6.07, 6.45) is 0.620. The molecule has 0 unspecified atom stereocenters. The van der Waals surface area contributed by atoms with E-state index in [0.717, 1.165) is 6.07 Å². The summed E-state index contributed by atoms with van der Waals surface area (Å²) < 4.78 is 24.7. The number of carbonyl (C=O) groups excluding carboxylic acids is 2. The van der Waals surface area contributed by atoms with Crippen LogP contribution in [0.2, 0.25) is 0 Å². The molecular formula is C24H27FN2O5. The molecule has 2 aromatic carbocycles. The molecular weight excluding hydrogens is 415 g/mol. The topological polar surface area (TPSA) is 79.3 Å². The molecule has 7 nitrogen and oxygen atoms in total. The summed E-state index contributed by atoms with van der Waals surface area (Å²) in [7, 11) is 6.71. The lowest BCUT2D eigenvalue weighted by molar-refractivity contribution is -0.140. The summed E-state index contributed by atoms with van der Waals surface area (Å²) in [5.41, 5.74) is 0.419. The van der Waals surface area contributed by atoms with Crippen LogP contribution in [-0.4, -0.2) is 68.0 Å². The van der Waals surface area contributed by atoms with E-state index < -0.39 is 29.3 Å². The number of carbonyl (C=O) groups is 2. The average molecular weight is 442 g/mol. The molecule has 0 aliphatic carbocycles. The molecule has 170 valence electrons. The van der Waals surface area contributed by atoms with Gasteiger partial charge < -0.3 is 24.4 Å². The van der Waals surface area contributed by atoms with Crippen LogP contribution in [0.25, 0.3) is 5.76 Å². The van der Waals surface area contributed by atoms with E-state index in [4.69, 9.17) is 9.47 Å². The highest BCUT2D eigenvalue weighted by atomic mass is 19.1. The number of hydrogen-bond acceptors (Lipinski definition) is 6. The summed E-state index contributed by atoms with van der Waals surface area (Å²) >= 11 is 0. The van der Waals surface area contributed by atoms with Crippen molar-refractivity contribution in [2.45, 2.75) is 12.5 Å². The van der Waals surface area contributed by atoms with Crippen molar-refractivity contribution in [1.82, 2.24) is 9.80 Å². The standard InChI is InChI=1S/C24H27FN2O5/c1-26(2)12-7-13-27-21(16-8-5-6-9-18(16)31-3)20(23(29)24(27)30)22(28)17-14-15(25)10-11-19(17)32-4/h5-6,8-11,14,21,28H,7,12-13H2,1-4H3/b22-20+/t21-/m0/s1. The first-order valence-corrected chi connectivity index (χ1v) is 10.2. The van der Waals surface area contributed by atoms with Crippen LogP contribution in [-0.2, 0) is 9.59 Å². The number of aliphatic hydroxyl groups excluding tert-OH is 1. The van der Waals surface area contributed by atoms with Crippen LogP contribution in [0.1, 0.15) is 23.6 Å². The molecule has 1 fully saturated rings. The number of ketones is 1. The molecule has 8 heteroatoms. The Morgan fingerprint density at radius 1 is 1.09 bits per heavy atom. The van der Waals surface area contributed by atoms with Gasteiger partial charge in [-0.25, -0.2) is 4.39 Å². The molecule has 1 heterocycles. The fourth-order valence-corrected chi connectivity index (χ4v) is 3.89. The van der Waals surface area contributed by atoms with Crippen LogP contribution in [0.5, 0.6) is 11.5 Å². The molecule has 0 aromatic heterocycles. The van der Waals surface area contributed by atoms with E-state index >= 15 is 0 Å². The normalized spacial score (nSPS) is 17.8. The third-order valence-electron chi connectivity index (χ3n) is 5.39. The molecule has 1 atom stereocenters. The lowest BCUT2D eigenvalue weighted by Gasteiger charge is -2.27. The van der Waals surface area contributed by atoms with Crippen LogP contribution in [0.3, 0.4) is 0 Å². The average Bonchev–Trinajstić information content (AvgIpc) is 3.03. The van der Waals surface area contributed by atoms with E-state index in [1.165, 1.54) is 31.3 Å². The number of methoxy groups -OCH3 is 2. The van der Waals surface area contributed by atoms with Gasteiger partial charge in [-0.05, 0) is 51.3 Å².